The number of nitrogens with zero attached hydrogens (tertiary/aromatic N) is 3. The molecule has 0 radical (unpaired) electrons. The van der Waals surface area contributed by atoms with Crippen molar-refractivity contribution < 1.29 is 9.72 Å². The molecule has 3 rings (SSSR count). The summed E-state index contributed by atoms with van der Waals surface area (Å²) in [5.74, 6) is -0.00417. The second kappa shape index (κ2) is 8.84. The average molecular weight is 382 g/mol. The molecule has 1 N–H and O–H groups in total. The van der Waals surface area contributed by atoms with Crippen molar-refractivity contribution in [3.05, 3.63) is 70.3 Å². The number of amides is 1. The third-order valence-corrected chi connectivity index (χ3v) is 5.32. The number of benzene rings is 2. The van der Waals surface area contributed by atoms with E-state index >= 15 is 0 Å². The van der Waals surface area contributed by atoms with E-state index in [1.54, 1.807) is 12.1 Å². The fourth-order valence-electron chi connectivity index (χ4n) is 3.56. The van der Waals surface area contributed by atoms with Gasteiger partial charge in [0.1, 0.15) is 5.69 Å². The average Bonchev–Trinajstić information content (AvgIpc) is 2.73. The van der Waals surface area contributed by atoms with Gasteiger partial charge < -0.3 is 10.2 Å². The number of carbonyl (C=O) groups is 1. The van der Waals surface area contributed by atoms with Crippen LogP contribution in [-0.2, 0) is 4.79 Å². The van der Waals surface area contributed by atoms with Gasteiger partial charge in [0, 0.05) is 32.2 Å². The number of hydrogen-bond acceptors (Lipinski definition) is 5. The Labute approximate surface area is 165 Å². The fourth-order valence-corrected chi connectivity index (χ4v) is 3.56. The maximum Gasteiger partial charge on any atom is 0.292 e. The van der Waals surface area contributed by atoms with Crippen LogP contribution in [0.2, 0.25) is 0 Å². The molecule has 0 aromatic heterocycles. The Hall–Kier alpha value is -2.93. The number of nitro groups is 1. The highest BCUT2D eigenvalue weighted by Gasteiger charge is 2.28. The van der Waals surface area contributed by atoms with Crippen molar-refractivity contribution >= 4 is 17.3 Å². The lowest BCUT2D eigenvalue weighted by molar-refractivity contribution is -0.384. The first kappa shape index (κ1) is 19.8. The highest BCUT2D eigenvalue weighted by Crippen LogP contribution is 2.28. The monoisotopic (exact) mass is 382 g/mol. The van der Waals surface area contributed by atoms with Gasteiger partial charge in [-0.15, -0.1) is 0 Å². The maximum atomic E-state index is 12.7. The van der Waals surface area contributed by atoms with Crippen LogP contribution >= 0.6 is 0 Å². The molecule has 0 aliphatic carbocycles. The van der Waals surface area contributed by atoms with Gasteiger partial charge in [-0.2, -0.15) is 0 Å². The minimum Gasteiger partial charge on any atom is -0.363 e. The van der Waals surface area contributed by atoms with E-state index in [1.807, 2.05) is 55.1 Å². The minimum absolute atomic E-state index is 0.00417. The Bertz CT molecular complexity index is 819. The van der Waals surface area contributed by atoms with E-state index in [-0.39, 0.29) is 28.6 Å². The van der Waals surface area contributed by atoms with Crippen molar-refractivity contribution in [3.63, 3.8) is 0 Å². The second-order valence-electron chi connectivity index (χ2n) is 7.09. The van der Waals surface area contributed by atoms with Crippen LogP contribution in [0, 0.1) is 10.1 Å². The Kier molecular flexibility index (Phi) is 6.26. The van der Waals surface area contributed by atoms with Crippen LogP contribution in [0.5, 0.6) is 0 Å². The molecular formula is C21H26N4O3. The smallest absolute Gasteiger partial charge is 0.292 e. The van der Waals surface area contributed by atoms with E-state index < -0.39 is 0 Å². The van der Waals surface area contributed by atoms with Crippen molar-refractivity contribution in [2.75, 3.05) is 31.1 Å². The van der Waals surface area contributed by atoms with Gasteiger partial charge >= 0.3 is 0 Å². The Morgan fingerprint density at radius 3 is 2.25 bits per heavy atom. The standard InChI is InChI=1S/C21H26N4O3/c1-16(18-8-4-3-5-9-18)22-21(26)17(2)23-12-14-24(15-13-23)19-10-6-7-11-20(19)25(27)28/h3-11,16-17H,12-15H2,1-2H3,(H,22,26). The molecule has 0 spiro atoms. The van der Waals surface area contributed by atoms with Crippen LogP contribution in [0.3, 0.4) is 0 Å². The molecule has 1 aliphatic heterocycles. The van der Waals surface area contributed by atoms with Crippen LogP contribution in [0.15, 0.2) is 54.6 Å². The lowest BCUT2D eigenvalue weighted by Crippen LogP contribution is -2.54. The zero-order chi connectivity index (χ0) is 20.1. The zero-order valence-electron chi connectivity index (χ0n) is 16.2. The quantitative estimate of drug-likeness (QED) is 0.614. The van der Waals surface area contributed by atoms with Gasteiger partial charge in [-0.25, -0.2) is 0 Å². The first-order chi connectivity index (χ1) is 13.5. The number of rotatable bonds is 6. The first-order valence-electron chi connectivity index (χ1n) is 9.55. The molecule has 1 amide bonds. The molecule has 1 heterocycles. The van der Waals surface area contributed by atoms with Crippen molar-refractivity contribution in [3.8, 4) is 0 Å². The van der Waals surface area contributed by atoms with Crippen molar-refractivity contribution in [2.45, 2.75) is 25.9 Å². The van der Waals surface area contributed by atoms with E-state index in [9.17, 15) is 14.9 Å². The largest absolute Gasteiger partial charge is 0.363 e. The highest BCUT2D eigenvalue weighted by molar-refractivity contribution is 5.81. The molecule has 7 heteroatoms. The number of anilines is 1. The molecule has 1 saturated heterocycles. The molecule has 0 bridgehead atoms. The SMILES string of the molecule is CC(NC(=O)C(C)N1CCN(c2ccccc2[N+](=O)[O-])CC1)c1ccccc1. The highest BCUT2D eigenvalue weighted by atomic mass is 16.6. The minimum atomic E-state index is -0.344. The van der Waals surface area contributed by atoms with E-state index in [2.05, 4.69) is 10.2 Å². The summed E-state index contributed by atoms with van der Waals surface area (Å²) in [7, 11) is 0. The van der Waals surface area contributed by atoms with Crippen molar-refractivity contribution in [1.29, 1.82) is 0 Å². The number of nitrogens with one attached hydrogen (secondary N) is 1. The molecule has 1 aliphatic rings. The van der Waals surface area contributed by atoms with E-state index in [1.165, 1.54) is 6.07 Å². The summed E-state index contributed by atoms with van der Waals surface area (Å²) in [6.45, 7) is 6.55. The molecule has 0 saturated carbocycles. The third kappa shape index (κ3) is 4.48. The van der Waals surface area contributed by atoms with Crippen LogP contribution in [-0.4, -0.2) is 48.0 Å². The molecule has 7 nitrogen and oxygen atoms in total. The number of carbonyl (C=O) groups excluding carboxylic acids is 1. The van der Waals surface area contributed by atoms with Gasteiger partial charge in [-0.3, -0.25) is 19.8 Å². The summed E-state index contributed by atoms with van der Waals surface area (Å²) >= 11 is 0. The van der Waals surface area contributed by atoms with Crippen LogP contribution < -0.4 is 10.2 Å². The van der Waals surface area contributed by atoms with Gasteiger partial charge in [0.25, 0.3) is 5.69 Å². The molecular weight excluding hydrogens is 356 g/mol. The van der Waals surface area contributed by atoms with Gasteiger partial charge in [0.2, 0.25) is 5.91 Å². The molecule has 28 heavy (non-hydrogen) atoms. The van der Waals surface area contributed by atoms with Crippen molar-refractivity contribution in [2.24, 2.45) is 0 Å². The maximum absolute atomic E-state index is 12.7. The van der Waals surface area contributed by atoms with Crippen LogP contribution in [0.4, 0.5) is 11.4 Å². The first-order valence-corrected chi connectivity index (χ1v) is 9.55. The molecule has 2 unspecified atom stereocenters. The summed E-state index contributed by atoms with van der Waals surface area (Å²) < 4.78 is 0. The Morgan fingerprint density at radius 2 is 1.61 bits per heavy atom. The lowest BCUT2D eigenvalue weighted by Gasteiger charge is -2.38. The Morgan fingerprint density at radius 1 is 1.00 bits per heavy atom. The van der Waals surface area contributed by atoms with Gasteiger partial charge in [-0.1, -0.05) is 42.5 Å². The summed E-state index contributed by atoms with van der Waals surface area (Å²) in [4.78, 5) is 27.7. The van der Waals surface area contributed by atoms with Gasteiger partial charge in [-0.05, 0) is 25.5 Å². The number of piperazine rings is 1. The number of hydrogen-bond donors (Lipinski definition) is 1. The van der Waals surface area contributed by atoms with E-state index in [4.69, 9.17) is 0 Å². The van der Waals surface area contributed by atoms with Gasteiger partial charge in [0.05, 0.1) is 17.0 Å². The zero-order valence-corrected chi connectivity index (χ0v) is 16.2. The molecule has 2 aromatic carbocycles. The summed E-state index contributed by atoms with van der Waals surface area (Å²) in [5, 5.41) is 14.3. The lowest BCUT2D eigenvalue weighted by atomic mass is 10.1. The normalized spacial score (nSPS) is 17.0. The second-order valence-corrected chi connectivity index (χ2v) is 7.09. The van der Waals surface area contributed by atoms with Crippen LogP contribution in [0.25, 0.3) is 0 Å². The van der Waals surface area contributed by atoms with E-state index in [0.29, 0.717) is 31.9 Å². The van der Waals surface area contributed by atoms with Gasteiger partial charge in [0.15, 0.2) is 0 Å². The van der Waals surface area contributed by atoms with Crippen LogP contribution in [0.1, 0.15) is 25.5 Å². The topological polar surface area (TPSA) is 78.7 Å². The molecule has 148 valence electrons. The molecule has 2 aromatic rings. The summed E-state index contributed by atoms with van der Waals surface area (Å²) in [6.07, 6.45) is 0. The Balaban J connectivity index is 1.57. The predicted octanol–water partition coefficient (Wildman–Crippen LogP) is 2.98. The number of para-hydroxylation sites is 2. The fraction of sp³-hybridized carbons (Fsp3) is 0.381. The predicted molar refractivity (Wildman–Crippen MR) is 109 cm³/mol. The molecule has 1 fully saturated rings. The van der Waals surface area contributed by atoms with Crippen molar-refractivity contribution in [1.82, 2.24) is 10.2 Å². The third-order valence-electron chi connectivity index (χ3n) is 5.32. The molecule has 2 atom stereocenters. The number of nitro benzene ring substituents is 1. The summed E-state index contributed by atoms with van der Waals surface area (Å²) in [5.41, 5.74) is 1.84. The summed E-state index contributed by atoms with van der Waals surface area (Å²) in [6, 6.07) is 16.4. The van der Waals surface area contributed by atoms with E-state index in [0.717, 1.165) is 5.56 Å².